The van der Waals surface area contributed by atoms with Gasteiger partial charge in [-0.1, -0.05) is 40.2 Å². The summed E-state index contributed by atoms with van der Waals surface area (Å²) in [7, 11) is 0. The summed E-state index contributed by atoms with van der Waals surface area (Å²) in [5.74, 6) is -1.34. The Morgan fingerprint density at radius 3 is 2.31 bits per heavy atom. The van der Waals surface area contributed by atoms with Gasteiger partial charge in [0.1, 0.15) is 6.04 Å². The van der Waals surface area contributed by atoms with E-state index in [2.05, 4.69) is 5.32 Å². The fourth-order valence-corrected chi connectivity index (χ4v) is 1.09. The third kappa shape index (κ3) is 7.04. The summed E-state index contributed by atoms with van der Waals surface area (Å²) in [6, 6.07) is -0.790. The third-order valence-electron chi connectivity index (χ3n) is 1.93. The van der Waals surface area contributed by atoms with Crippen molar-refractivity contribution in [2.45, 2.75) is 46.6 Å². The SMILES string of the molecule is CCCC(NC(=O)/C=C/C(C)(C)C)C(=O)O. The largest absolute Gasteiger partial charge is 0.480 e. The van der Waals surface area contributed by atoms with E-state index in [-0.39, 0.29) is 11.3 Å². The van der Waals surface area contributed by atoms with Crippen LogP contribution in [0, 0.1) is 5.41 Å². The van der Waals surface area contributed by atoms with Crippen molar-refractivity contribution in [1.29, 1.82) is 0 Å². The number of carboxylic acids is 1. The number of allylic oxidation sites excluding steroid dienone is 1. The van der Waals surface area contributed by atoms with Crippen LogP contribution in [0.5, 0.6) is 0 Å². The maximum absolute atomic E-state index is 11.4. The van der Waals surface area contributed by atoms with Gasteiger partial charge in [-0.2, -0.15) is 0 Å². The van der Waals surface area contributed by atoms with Gasteiger partial charge >= 0.3 is 5.97 Å². The van der Waals surface area contributed by atoms with E-state index in [0.717, 1.165) is 6.42 Å². The normalized spacial score (nSPS) is 13.8. The van der Waals surface area contributed by atoms with Crippen LogP contribution < -0.4 is 5.32 Å². The number of carbonyl (C=O) groups is 2. The van der Waals surface area contributed by atoms with Crippen molar-refractivity contribution in [2.75, 3.05) is 0 Å². The number of nitrogens with one attached hydrogen (secondary N) is 1. The molecule has 0 saturated heterocycles. The summed E-state index contributed by atoms with van der Waals surface area (Å²) in [6.45, 7) is 7.79. The minimum absolute atomic E-state index is 0.0825. The topological polar surface area (TPSA) is 66.4 Å². The number of carbonyl (C=O) groups excluding carboxylic acids is 1. The van der Waals surface area contributed by atoms with Crippen LogP contribution in [0.2, 0.25) is 0 Å². The number of hydrogen-bond acceptors (Lipinski definition) is 2. The molecule has 0 fully saturated rings. The van der Waals surface area contributed by atoms with Crippen molar-refractivity contribution in [3.8, 4) is 0 Å². The van der Waals surface area contributed by atoms with Crippen LogP contribution >= 0.6 is 0 Å². The van der Waals surface area contributed by atoms with E-state index in [4.69, 9.17) is 5.11 Å². The van der Waals surface area contributed by atoms with E-state index in [0.29, 0.717) is 6.42 Å². The quantitative estimate of drug-likeness (QED) is 0.705. The predicted molar refractivity (Wildman–Crippen MR) is 63.1 cm³/mol. The van der Waals surface area contributed by atoms with Crippen molar-refractivity contribution < 1.29 is 14.7 Å². The minimum Gasteiger partial charge on any atom is -0.480 e. The van der Waals surface area contributed by atoms with Crippen LogP contribution in [0.25, 0.3) is 0 Å². The summed E-state index contributed by atoms with van der Waals surface area (Å²) < 4.78 is 0. The van der Waals surface area contributed by atoms with Gasteiger partial charge in [0.25, 0.3) is 0 Å². The molecule has 0 bridgehead atoms. The molecule has 4 nitrogen and oxygen atoms in total. The van der Waals surface area contributed by atoms with Gasteiger partial charge < -0.3 is 10.4 Å². The number of rotatable bonds is 5. The molecule has 92 valence electrons. The van der Waals surface area contributed by atoms with Gasteiger partial charge in [-0.15, -0.1) is 0 Å². The summed E-state index contributed by atoms with van der Waals surface area (Å²) >= 11 is 0. The minimum atomic E-state index is -0.987. The lowest BCUT2D eigenvalue weighted by atomic mass is 9.96. The molecule has 0 radical (unpaired) electrons. The standard InChI is InChI=1S/C12H21NO3/c1-5-6-9(11(15)16)13-10(14)7-8-12(2,3)4/h7-9H,5-6H2,1-4H3,(H,13,14)(H,15,16)/b8-7+. The molecule has 0 rings (SSSR count). The first-order valence-electron chi connectivity index (χ1n) is 5.49. The molecule has 0 aliphatic heterocycles. The second-order valence-electron chi connectivity index (χ2n) is 4.89. The lowest BCUT2D eigenvalue weighted by Crippen LogP contribution is -2.39. The molecular formula is C12H21NO3. The van der Waals surface area contributed by atoms with Crippen molar-refractivity contribution in [3.63, 3.8) is 0 Å². The van der Waals surface area contributed by atoms with E-state index < -0.39 is 12.0 Å². The van der Waals surface area contributed by atoms with Gasteiger partial charge in [0.05, 0.1) is 0 Å². The molecular weight excluding hydrogens is 206 g/mol. The van der Waals surface area contributed by atoms with Gasteiger partial charge in [-0.25, -0.2) is 4.79 Å². The van der Waals surface area contributed by atoms with Crippen LogP contribution in [0.3, 0.4) is 0 Å². The Bertz CT molecular complexity index is 276. The van der Waals surface area contributed by atoms with E-state index in [1.807, 2.05) is 27.7 Å². The molecule has 1 amide bonds. The Kier molecular flexibility index (Phi) is 5.78. The molecule has 0 heterocycles. The van der Waals surface area contributed by atoms with Gasteiger partial charge in [0, 0.05) is 0 Å². The first kappa shape index (κ1) is 14.7. The number of hydrogen-bond donors (Lipinski definition) is 2. The van der Waals surface area contributed by atoms with E-state index in [1.54, 1.807) is 6.08 Å². The van der Waals surface area contributed by atoms with Crippen LogP contribution in [0.15, 0.2) is 12.2 Å². The maximum atomic E-state index is 11.4. The van der Waals surface area contributed by atoms with Crippen LogP contribution in [-0.2, 0) is 9.59 Å². The number of aliphatic carboxylic acids is 1. The molecule has 1 unspecified atom stereocenters. The third-order valence-corrected chi connectivity index (χ3v) is 1.93. The van der Waals surface area contributed by atoms with Gasteiger partial charge in [-0.05, 0) is 17.9 Å². The zero-order chi connectivity index (χ0) is 12.8. The highest BCUT2D eigenvalue weighted by Gasteiger charge is 2.17. The molecule has 1 atom stereocenters. The second-order valence-corrected chi connectivity index (χ2v) is 4.89. The summed E-state index contributed by atoms with van der Waals surface area (Å²) in [5.41, 5.74) is -0.0825. The predicted octanol–water partition coefficient (Wildman–Crippen LogP) is 1.96. The fourth-order valence-electron chi connectivity index (χ4n) is 1.09. The monoisotopic (exact) mass is 227 g/mol. The summed E-state index contributed by atoms with van der Waals surface area (Å²) in [4.78, 5) is 22.2. The highest BCUT2D eigenvalue weighted by molar-refractivity contribution is 5.91. The summed E-state index contributed by atoms with van der Waals surface area (Å²) in [5, 5.41) is 11.3. The van der Waals surface area contributed by atoms with Crippen molar-refractivity contribution in [2.24, 2.45) is 5.41 Å². The Labute approximate surface area is 96.7 Å². The summed E-state index contributed by atoms with van der Waals surface area (Å²) in [6.07, 6.45) is 4.32. The lowest BCUT2D eigenvalue weighted by molar-refractivity contribution is -0.141. The zero-order valence-corrected chi connectivity index (χ0v) is 10.4. The molecule has 0 saturated carbocycles. The fraction of sp³-hybridized carbons (Fsp3) is 0.667. The van der Waals surface area contributed by atoms with Crippen molar-refractivity contribution >= 4 is 11.9 Å². The highest BCUT2D eigenvalue weighted by atomic mass is 16.4. The van der Waals surface area contributed by atoms with Crippen LogP contribution in [-0.4, -0.2) is 23.0 Å². The Morgan fingerprint density at radius 2 is 1.94 bits per heavy atom. The van der Waals surface area contributed by atoms with Crippen LogP contribution in [0.1, 0.15) is 40.5 Å². The van der Waals surface area contributed by atoms with Crippen molar-refractivity contribution in [3.05, 3.63) is 12.2 Å². The number of amides is 1. The highest BCUT2D eigenvalue weighted by Crippen LogP contribution is 2.14. The molecule has 0 aliphatic rings. The van der Waals surface area contributed by atoms with Crippen LogP contribution in [0.4, 0.5) is 0 Å². The van der Waals surface area contributed by atoms with Crippen molar-refractivity contribution in [1.82, 2.24) is 5.32 Å². The second kappa shape index (κ2) is 6.30. The lowest BCUT2D eigenvalue weighted by Gasteiger charge is -2.13. The molecule has 16 heavy (non-hydrogen) atoms. The molecule has 0 spiro atoms. The molecule has 4 heteroatoms. The van der Waals surface area contributed by atoms with Gasteiger partial charge in [0.2, 0.25) is 5.91 Å². The molecule has 0 aliphatic carbocycles. The molecule has 0 aromatic carbocycles. The van der Waals surface area contributed by atoms with E-state index in [9.17, 15) is 9.59 Å². The number of carboxylic acid groups (broad SMARTS) is 1. The van der Waals surface area contributed by atoms with Gasteiger partial charge in [-0.3, -0.25) is 4.79 Å². The Balaban J connectivity index is 4.31. The smallest absolute Gasteiger partial charge is 0.326 e. The maximum Gasteiger partial charge on any atom is 0.326 e. The first-order chi connectivity index (χ1) is 7.26. The molecule has 0 aromatic rings. The zero-order valence-electron chi connectivity index (χ0n) is 10.4. The average Bonchev–Trinajstić information content (AvgIpc) is 2.13. The van der Waals surface area contributed by atoms with E-state index in [1.165, 1.54) is 6.08 Å². The van der Waals surface area contributed by atoms with E-state index >= 15 is 0 Å². The Morgan fingerprint density at radius 1 is 1.38 bits per heavy atom. The Hall–Kier alpha value is -1.32. The first-order valence-corrected chi connectivity index (χ1v) is 5.49. The molecule has 2 N–H and O–H groups in total. The average molecular weight is 227 g/mol. The molecule has 0 aromatic heterocycles. The van der Waals surface area contributed by atoms with Gasteiger partial charge in [0.15, 0.2) is 0 Å².